The number of benzene rings is 2. The van der Waals surface area contributed by atoms with Crippen LogP contribution in [0.3, 0.4) is 0 Å². The topological polar surface area (TPSA) is 90.3 Å². The Labute approximate surface area is 182 Å². The molecule has 31 heavy (non-hydrogen) atoms. The average molecular weight is 446 g/mol. The van der Waals surface area contributed by atoms with Crippen molar-refractivity contribution in [2.75, 3.05) is 11.9 Å². The molecule has 162 valence electrons. The number of nitrogens with zero attached hydrogens (tertiary/aromatic N) is 2. The van der Waals surface area contributed by atoms with Gasteiger partial charge in [-0.1, -0.05) is 43.6 Å². The lowest BCUT2D eigenvalue weighted by Gasteiger charge is -2.12. The van der Waals surface area contributed by atoms with Gasteiger partial charge in [0.05, 0.1) is 11.1 Å². The van der Waals surface area contributed by atoms with Crippen LogP contribution in [0.4, 0.5) is 10.1 Å². The van der Waals surface area contributed by atoms with E-state index in [0.717, 1.165) is 6.07 Å². The fraction of sp³-hybridized carbons (Fsp3) is 0.273. The number of carbonyl (C=O) groups is 2. The van der Waals surface area contributed by atoms with Crippen LogP contribution in [-0.4, -0.2) is 28.3 Å². The molecule has 0 fully saturated rings. The molecule has 0 atom stereocenters. The van der Waals surface area contributed by atoms with Gasteiger partial charge in [0.2, 0.25) is 0 Å². The Kier molecular flexibility index (Phi) is 7.02. The van der Waals surface area contributed by atoms with Gasteiger partial charge in [0.15, 0.2) is 12.3 Å². The Hall–Kier alpha value is -3.26. The molecule has 0 radical (unpaired) electrons. The van der Waals surface area contributed by atoms with Crippen LogP contribution in [0.25, 0.3) is 10.8 Å². The third-order valence-electron chi connectivity index (χ3n) is 4.52. The number of esters is 1. The second-order valence-corrected chi connectivity index (χ2v) is 7.79. The maximum atomic E-state index is 13.8. The highest BCUT2D eigenvalue weighted by molar-refractivity contribution is 6.30. The first kappa shape index (κ1) is 22.4. The molecule has 1 heterocycles. The molecule has 3 rings (SSSR count). The van der Waals surface area contributed by atoms with Gasteiger partial charge in [0.25, 0.3) is 11.5 Å². The predicted molar refractivity (Wildman–Crippen MR) is 116 cm³/mol. The summed E-state index contributed by atoms with van der Waals surface area (Å²) in [5.74, 6) is -1.96. The van der Waals surface area contributed by atoms with Crippen molar-refractivity contribution in [3.63, 3.8) is 0 Å². The van der Waals surface area contributed by atoms with Crippen molar-refractivity contribution >= 4 is 39.9 Å². The fourth-order valence-corrected chi connectivity index (χ4v) is 3.05. The van der Waals surface area contributed by atoms with Crippen molar-refractivity contribution in [3.8, 4) is 0 Å². The van der Waals surface area contributed by atoms with E-state index in [1.165, 1.54) is 16.8 Å². The van der Waals surface area contributed by atoms with Crippen LogP contribution in [0.5, 0.6) is 0 Å². The van der Waals surface area contributed by atoms with Gasteiger partial charge in [-0.2, -0.15) is 5.10 Å². The number of hydrogen-bond donors (Lipinski definition) is 1. The highest BCUT2D eigenvalue weighted by Gasteiger charge is 2.19. The predicted octanol–water partition coefficient (Wildman–Crippen LogP) is 4.03. The Bertz CT molecular complexity index is 1190. The molecule has 2 aromatic carbocycles. The molecule has 0 unspecified atom stereocenters. The number of amides is 1. The van der Waals surface area contributed by atoms with E-state index in [1.807, 2.05) is 13.8 Å². The second-order valence-electron chi connectivity index (χ2n) is 7.35. The minimum Gasteiger partial charge on any atom is -0.451 e. The number of fused-ring (bicyclic) bond motifs is 1. The fourth-order valence-electron chi connectivity index (χ4n) is 2.89. The third kappa shape index (κ3) is 5.46. The summed E-state index contributed by atoms with van der Waals surface area (Å²) in [5, 5.41) is 7.35. The van der Waals surface area contributed by atoms with Crippen LogP contribution in [-0.2, 0) is 16.1 Å². The van der Waals surface area contributed by atoms with E-state index in [1.54, 1.807) is 24.3 Å². The van der Waals surface area contributed by atoms with E-state index in [9.17, 15) is 18.8 Å². The monoisotopic (exact) mass is 445 g/mol. The first-order valence-corrected chi connectivity index (χ1v) is 10.1. The van der Waals surface area contributed by atoms with E-state index >= 15 is 0 Å². The van der Waals surface area contributed by atoms with Crippen LogP contribution in [0.15, 0.2) is 47.3 Å². The molecule has 1 amide bonds. The largest absolute Gasteiger partial charge is 0.451 e. The zero-order valence-electron chi connectivity index (χ0n) is 17.0. The van der Waals surface area contributed by atoms with Crippen molar-refractivity contribution in [1.29, 1.82) is 0 Å². The molecular formula is C22H21ClFN3O4. The van der Waals surface area contributed by atoms with Gasteiger partial charge in [-0.25, -0.2) is 13.9 Å². The molecule has 7 nitrogen and oxygen atoms in total. The van der Waals surface area contributed by atoms with Crippen LogP contribution in [0.2, 0.25) is 5.02 Å². The minimum atomic E-state index is -0.860. The standard InChI is InChI=1S/C22H21ClFN3O4/c1-13(2)9-10-27-21(29)16-6-4-3-5-15(16)20(26-27)22(30)31-12-19(28)25-18-8-7-14(23)11-17(18)24/h3-8,11,13H,9-10,12H2,1-2H3,(H,25,28). The van der Waals surface area contributed by atoms with Crippen molar-refractivity contribution in [3.05, 3.63) is 69.4 Å². The van der Waals surface area contributed by atoms with E-state index in [0.29, 0.717) is 29.7 Å². The summed E-state index contributed by atoms with van der Waals surface area (Å²) in [6.07, 6.45) is 0.703. The maximum Gasteiger partial charge on any atom is 0.359 e. The molecule has 0 saturated heterocycles. The molecule has 0 bridgehead atoms. The van der Waals surface area contributed by atoms with Gasteiger partial charge in [-0.3, -0.25) is 9.59 Å². The number of hydrogen-bond acceptors (Lipinski definition) is 5. The van der Waals surface area contributed by atoms with Gasteiger partial charge < -0.3 is 10.1 Å². The minimum absolute atomic E-state index is 0.0653. The average Bonchev–Trinajstić information content (AvgIpc) is 2.73. The molecule has 0 saturated carbocycles. The van der Waals surface area contributed by atoms with Crippen LogP contribution >= 0.6 is 11.6 Å². The number of aryl methyl sites for hydroxylation is 1. The third-order valence-corrected chi connectivity index (χ3v) is 4.75. The molecule has 0 aliphatic heterocycles. The number of carbonyl (C=O) groups excluding carboxylic acids is 2. The van der Waals surface area contributed by atoms with E-state index in [2.05, 4.69) is 10.4 Å². The van der Waals surface area contributed by atoms with Crippen molar-refractivity contribution < 1.29 is 18.7 Å². The van der Waals surface area contributed by atoms with Gasteiger partial charge in [0, 0.05) is 17.0 Å². The molecular weight excluding hydrogens is 425 g/mol. The summed E-state index contributed by atoms with van der Waals surface area (Å²) in [7, 11) is 0. The number of halogens is 2. The summed E-state index contributed by atoms with van der Waals surface area (Å²) < 4.78 is 20.1. The van der Waals surface area contributed by atoms with Crippen molar-refractivity contribution in [2.45, 2.75) is 26.8 Å². The Morgan fingerprint density at radius 3 is 2.58 bits per heavy atom. The lowest BCUT2D eigenvalue weighted by molar-refractivity contribution is -0.119. The quantitative estimate of drug-likeness (QED) is 0.554. The molecule has 3 aromatic rings. The first-order chi connectivity index (χ1) is 14.8. The van der Waals surface area contributed by atoms with Gasteiger partial charge in [-0.15, -0.1) is 0 Å². The normalized spacial score (nSPS) is 11.0. The van der Waals surface area contributed by atoms with E-state index in [-0.39, 0.29) is 22.0 Å². The first-order valence-electron chi connectivity index (χ1n) is 9.68. The summed E-state index contributed by atoms with van der Waals surface area (Å²) in [6, 6.07) is 10.3. The Balaban J connectivity index is 1.79. The second kappa shape index (κ2) is 9.70. The Morgan fingerprint density at radius 2 is 1.90 bits per heavy atom. The van der Waals surface area contributed by atoms with Crippen LogP contribution < -0.4 is 10.9 Å². The number of aromatic nitrogens is 2. The molecule has 0 aliphatic rings. The SMILES string of the molecule is CC(C)CCn1nc(C(=O)OCC(=O)Nc2ccc(Cl)cc2F)c2ccccc2c1=O. The van der Waals surface area contributed by atoms with E-state index in [4.69, 9.17) is 16.3 Å². The number of rotatable bonds is 7. The summed E-state index contributed by atoms with van der Waals surface area (Å²) >= 11 is 5.68. The smallest absolute Gasteiger partial charge is 0.359 e. The molecule has 9 heteroatoms. The highest BCUT2D eigenvalue weighted by Crippen LogP contribution is 2.19. The van der Waals surface area contributed by atoms with Gasteiger partial charge in [-0.05, 0) is 36.6 Å². The number of ether oxygens (including phenoxy) is 1. The van der Waals surface area contributed by atoms with Crippen molar-refractivity contribution in [1.82, 2.24) is 9.78 Å². The molecule has 1 aromatic heterocycles. The summed E-state index contributed by atoms with van der Waals surface area (Å²) in [5.41, 5.74) is -0.454. The molecule has 1 N–H and O–H groups in total. The lowest BCUT2D eigenvalue weighted by atomic mass is 10.1. The van der Waals surface area contributed by atoms with Crippen LogP contribution in [0.1, 0.15) is 30.8 Å². The van der Waals surface area contributed by atoms with Gasteiger partial charge in [0.1, 0.15) is 5.82 Å². The highest BCUT2D eigenvalue weighted by atomic mass is 35.5. The van der Waals surface area contributed by atoms with Gasteiger partial charge >= 0.3 is 5.97 Å². The van der Waals surface area contributed by atoms with E-state index < -0.39 is 24.3 Å². The number of nitrogens with one attached hydrogen (secondary N) is 1. The molecule has 0 spiro atoms. The zero-order valence-corrected chi connectivity index (χ0v) is 17.8. The zero-order chi connectivity index (χ0) is 22.5. The molecule has 0 aliphatic carbocycles. The Morgan fingerprint density at radius 1 is 1.19 bits per heavy atom. The van der Waals surface area contributed by atoms with Crippen LogP contribution in [0, 0.1) is 11.7 Å². The number of anilines is 1. The summed E-state index contributed by atoms with van der Waals surface area (Å²) in [6.45, 7) is 3.73. The summed E-state index contributed by atoms with van der Waals surface area (Å²) in [4.78, 5) is 37.4. The van der Waals surface area contributed by atoms with Crippen molar-refractivity contribution in [2.24, 2.45) is 5.92 Å². The maximum absolute atomic E-state index is 13.8. The lowest BCUT2D eigenvalue weighted by Crippen LogP contribution is -2.28.